The number of halogens is 4. The monoisotopic (exact) mass is 1120 g/mol. The van der Waals surface area contributed by atoms with Gasteiger partial charge in [-0.2, -0.15) is 10.2 Å². The summed E-state index contributed by atoms with van der Waals surface area (Å²) in [5.74, 6) is -4.63. The zero-order valence-corrected chi connectivity index (χ0v) is 44.7. The molecule has 22 nitrogen and oxygen atoms in total. The molecule has 4 atom stereocenters. The van der Waals surface area contributed by atoms with E-state index in [0.717, 1.165) is 17.0 Å². The first-order valence-corrected chi connectivity index (χ1v) is 24.3. The van der Waals surface area contributed by atoms with Gasteiger partial charge in [0.25, 0.3) is 0 Å². The summed E-state index contributed by atoms with van der Waals surface area (Å²) < 4.78 is 37.2. The van der Waals surface area contributed by atoms with Gasteiger partial charge in [0.15, 0.2) is 0 Å². The molecule has 0 bridgehead atoms. The SMILES string of the molecule is COC(=O)CC(C[N+](=O)[O-])c1ccc(Cl)cc1.COC(=O)CC(C[N+](=O)[O-])c1ccc(F)cc1.Cc1cc(C)n(C(=O)CC(C[N+](=O)[O-])c2ccc(Cl)cc2)n1.Cc1cc(C)n(C(=O)CC(C[N+](=O)[O-])c2ccc(F)cc2)n1. The van der Waals surface area contributed by atoms with Gasteiger partial charge in [-0.1, -0.05) is 71.7 Å². The summed E-state index contributed by atoms with van der Waals surface area (Å²) in [6, 6.07) is 27.6. The smallest absolute Gasteiger partial charge is 0.306 e. The van der Waals surface area contributed by atoms with Crippen molar-refractivity contribution >= 4 is 47.0 Å². The normalized spacial score (nSPS) is 12.0. The van der Waals surface area contributed by atoms with Gasteiger partial charge in [-0.15, -0.1) is 0 Å². The van der Waals surface area contributed by atoms with Crippen molar-refractivity contribution in [3.05, 3.63) is 216 Å². The number of aryl methyl sites for hydroxylation is 4. The molecule has 4 aromatic carbocycles. The van der Waals surface area contributed by atoms with E-state index in [9.17, 15) is 68.4 Å². The van der Waals surface area contributed by atoms with Crippen LogP contribution < -0.4 is 0 Å². The number of hydrogen-bond donors (Lipinski definition) is 0. The Labute approximate surface area is 455 Å². The maximum Gasteiger partial charge on any atom is 0.306 e. The quantitative estimate of drug-likeness (QED) is 0.0390. The van der Waals surface area contributed by atoms with Crippen LogP contribution in [0.15, 0.2) is 109 Å². The Kier molecular flexibility index (Phi) is 25.9. The van der Waals surface area contributed by atoms with Crippen LogP contribution in [0.1, 0.15) is 104 Å². The van der Waals surface area contributed by atoms with Crippen LogP contribution in [-0.2, 0) is 19.1 Å². The number of aromatic nitrogens is 4. The van der Waals surface area contributed by atoms with Gasteiger partial charge in [-0.05, 0) is 111 Å². The van der Waals surface area contributed by atoms with Gasteiger partial charge in [0.2, 0.25) is 38.0 Å². The maximum atomic E-state index is 13.0. The van der Waals surface area contributed by atoms with E-state index < -0.39 is 73.5 Å². The fourth-order valence-electron chi connectivity index (χ4n) is 7.74. The standard InChI is InChI=1S/C15H16ClN3O3.C15H16FN3O3.C11H12ClNO4.C11H12FNO4/c2*1-10-7-11(2)19(17-10)15(20)8-13(9-18(21)22)12-3-5-14(16)6-4-12;2*1-17-11(14)6-9(7-13(15)16)8-2-4-10(12)5-3-8/h2*3-7,13H,8-9H2,1-2H3;2*2-5,9H,6-7H2,1H3. The highest BCUT2D eigenvalue weighted by atomic mass is 35.5. The van der Waals surface area contributed by atoms with Gasteiger partial charge in [-0.3, -0.25) is 59.6 Å². The summed E-state index contributed by atoms with van der Waals surface area (Å²) in [5, 5.41) is 52.1. The lowest BCUT2D eigenvalue weighted by atomic mass is 9.95. The summed E-state index contributed by atoms with van der Waals surface area (Å²) >= 11 is 11.6. The first kappa shape index (κ1) is 63.9. The van der Waals surface area contributed by atoms with E-state index in [1.165, 1.54) is 72.1 Å². The van der Waals surface area contributed by atoms with Crippen molar-refractivity contribution in [2.45, 2.75) is 77.0 Å². The van der Waals surface area contributed by atoms with Crippen LogP contribution in [-0.4, -0.2) is 103 Å². The Morgan fingerprint density at radius 3 is 0.936 bits per heavy atom. The average molecular weight is 1130 g/mol. The molecule has 0 amide bonds. The first-order chi connectivity index (χ1) is 36.8. The van der Waals surface area contributed by atoms with Gasteiger partial charge < -0.3 is 9.47 Å². The Balaban J connectivity index is 0.000000276. The van der Waals surface area contributed by atoms with Crippen molar-refractivity contribution in [3.63, 3.8) is 0 Å². The van der Waals surface area contributed by atoms with Crippen molar-refractivity contribution in [3.8, 4) is 0 Å². The summed E-state index contributed by atoms with van der Waals surface area (Å²) in [5.41, 5.74) is 5.38. The molecule has 0 saturated heterocycles. The minimum absolute atomic E-state index is 0.0148. The van der Waals surface area contributed by atoms with Crippen molar-refractivity contribution < 1.29 is 57.1 Å². The van der Waals surface area contributed by atoms with Crippen LogP contribution in [0, 0.1) is 79.8 Å². The molecule has 2 heterocycles. The maximum absolute atomic E-state index is 13.0. The third-order valence-corrected chi connectivity index (χ3v) is 12.0. The van der Waals surface area contributed by atoms with Crippen molar-refractivity contribution in [1.82, 2.24) is 19.6 Å². The minimum Gasteiger partial charge on any atom is -0.469 e. The molecule has 416 valence electrons. The molecule has 0 spiro atoms. The summed E-state index contributed by atoms with van der Waals surface area (Å²) in [6.07, 6.45) is -0.151. The number of esters is 2. The van der Waals surface area contributed by atoms with E-state index in [1.54, 1.807) is 88.4 Å². The topological polar surface area (TPSA) is 295 Å². The molecule has 6 rings (SSSR count). The number of ether oxygens (including phenoxy) is 2. The molecule has 0 N–H and O–H groups in total. The van der Waals surface area contributed by atoms with Crippen molar-refractivity contribution in [2.24, 2.45) is 0 Å². The van der Waals surface area contributed by atoms with E-state index in [2.05, 4.69) is 19.7 Å². The highest BCUT2D eigenvalue weighted by molar-refractivity contribution is 6.30. The second-order valence-corrected chi connectivity index (χ2v) is 18.4. The number of carbonyl (C=O) groups is 4. The van der Waals surface area contributed by atoms with Gasteiger partial charge in [0, 0.05) is 54.0 Å². The number of hydrogen-bond acceptors (Lipinski definition) is 16. The molecule has 0 saturated carbocycles. The van der Waals surface area contributed by atoms with Crippen LogP contribution in [0.4, 0.5) is 8.78 Å². The predicted molar refractivity (Wildman–Crippen MR) is 281 cm³/mol. The molecule has 0 fully saturated rings. The van der Waals surface area contributed by atoms with Gasteiger partial charge in [-0.25, -0.2) is 18.1 Å². The fourth-order valence-corrected chi connectivity index (χ4v) is 7.99. The Hall–Kier alpha value is -8.38. The lowest BCUT2D eigenvalue weighted by Gasteiger charge is -2.13. The molecule has 0 aliphatic carbocycles. The number of carbonyl (C=O) groups excluding carboxylic acids is 4. The Morgan fingerprint density at radius 2 is 0.718 bits per heavy atom. The first-order valence-electron chi connectivity index (χ1n) is 23.5. The molecule has 0 aliphatic heterocycles. The van der Waals surface area contributed by atoms with Crippen LogP contribution >= 0.6 is 23.2 Å². The highest BCUT2D eigenvalue weighted by Crippen LogP contribution is 2.26. The Morgan fingerprint density at radius 1 is 0.474 bits per heavy atom. The van der Waals surface area contributed by atoms with E-state index >= 15 is 0 Å². The molecule has 0 radical (unpaired) electrons. The van der Waals surface area contributed by atoms with Crippen LogP contribution in [0.5, 0.6) is 0 Å². The molecule has 78 heavy (non-hydrogen) atoms. The van der Waals surface area contributed by atoms with E-state index in [1.807, 2.05) is 0 Å². The van der Waals surface area contributed by atoms with E-state index in [4.69, 9.17) is 23.2 Å². The fraction of sp³-hybridized carbons (Fsp3) is 0.346. The average Bonchev–Trinajstić information content (AvgIpc) is 3.91. The van der Waals surface area contributed by atoms with E-state index in [0.29, 0.717) is 38.1 Å². The van der Waals surface area contributed by atoms with Gasteiger partial charge in [0.1, 0.15) is 11.6 Å². The third-order valence-electron chi connectivity index (χ3n) is 11.5. The molecular formula is C52H56Cl2F2N8O14. The van der Waals surface area contributed by atoms with Crippen molar-refractivity contribution in [2.75, 3.05) is 40.4 Å². The van der Waals surface area contributed by atoms with Crippen LogP contribution in [0.2, 0.25) is 10.0 Å². The molecular weight excluding hydrogens is 1070 g/mol. The molecule has 4 unspecified atom stereocenters. The second kappa shape index (κ2) is 31.6. The van der Waals surface area contributed by atoms with Gasteiger partial charge in [0.05, 0.1) is 62.1 Å². The highest BCUT2D eigenvalue weighted by Gasteiger charge is 2.26. The summed E-state index contributed by atoms with van der Waals surface area (Å²) in [7, 11) is 2.48. The minimum atomic E-state index is -0.619. The third kappa shape index (κ3) is 22.5. The van der Waals surface area contributed by atoms with Gasteiger partial charge >= 0.3 is 11.9 Å². The van der Waals surface area contributed by atoms with Crippen molar-refractivity contribution in [1.29, 1.82) is 0 Å². The Bertz CT molecular complexity index is 2790. The largest absolute Gasteiger partial charge is 0.469 e. The molecule has 0 aliphatic rings. The number of methoxy groups -OCH3 is 2. The molecule has 2 aromatic heterocycles. The zero-order chi connectivity index (χ0) is 58.2. The number of rotatable bonds is 20. The van der Waals surface area contributed by atoms with Crippen LogP contribution in [0.3, 0.4) is 0 Å². The second-order valence-electron chi connectivity index (χ2n) is 17.5. The summed E-state index contributed by atoms with van der Waals surface area (Å²) in [4.78, 5) is 87.9. The number of benzene rings is 4. The predicted octanol–water partition coefficient (Wildman–Crippen LogP) is 9.99. The lowest BCUT2D eigenvalue weighted by Crippen LogP contribution is -2.21. The number of nitro groups is 4. The van der Waals surface area contributed by atoms with Crippen LogP contribution in [0.25, 0.3) is 0 Å². The zero-order valence-electron chi connectivity index (χ0n) is 43.2. The molecule has 26 heteroatoms. The lowest BCUT2D eigenvalue weighted by molar-refractivity contribution is -0.483. The van der Waals surface area contributed by atoms with E-state index in [-0.39, 0.29) is 57.1 Å². The molecule has 6 aromatic rings. The number of nitrogens with zero attached hydrogens (tertiary/aromatic N) is 8. The summed E-state index contributed by atoms with van der Waals surface area (Å²) in [6.45, 7) is 5.69.